The summed E-state index contributed by atoms with van der Waals surface area (Å²) >= 11 is 5.93. The van der Waals surface area contributed by atoms with Crippen LogP contribution in [0.15, 0.2) is 24.5 Å². The highest BCUT2D eigenvalue weighted by molar-refractivity contribution is 6.31. The van der Waals surface area contributed by atoms with Gasteiger partial charge < -0.3 is 14.2 Å². The number of hydrogen-bond donors (Lipinski definition) is 0. The van der Waals surface area contributed by atoms with Gasteiger partial charge in [0.25, 0.3) is 5.78 Å². The minimum absolute atomic E-state index is 0.0771. The highest BCUT2D eigenvalue weighted by atomic mass is 35.5. The summed E-state index contributed by atoms with van der Waals surface area (Å²) in [5, 5.41) is 7.93. The lowest BCUT2D eigenvalue weighted by atomic mass is 9.73. The third-order valence-electron chi connectivity index (χ3n) is 9.59. The largest absolute Gasteiger partial charge is 0.417 e. The van der Waals surface area contributed by atoms with Crippen molar-refractivity contribution >= 4 is 34.4 Å². The maximum absolute atomic E-state index is 14.2. The number of alkyl halides is 5. The van der Waals surface area contributed by atoms with Crippen molar-refractivity contribution in [1.82, 2.24) is 34.0 Å². The molecular weight excluding hydrogens is 619 g/mol. The van der Waals surface area contributed by atoms with Crippen molar-refractivity contribution in [2.24, 2.45) is 5.92 Å². The summed E-state index contributed by atoms with van der Waals surface area (Å²) in [5.41, 5.74) is 0.881. The van der Waals surface area contributed by atoms with Crippen molar-refractivity contribution < 1.29 is 26.7 Å². The Hall–Kier alpha value is -3.10. The average molecular weight is 653 g/mol. The first-order valence-electron chi connectivity index (χ1n) is 15.3. The van der Waals surface area contributed by atoms with Gasteiger partial charge in [-0.25, -0.2) is 18.2 Å². The summed E-state index contributed by atoms with van der Waals surface area (Å²) in [7, 11) is 0. The summed E-state index contributed by atoms with van der Waals surface area (Å²) in [4.78, 5) is 14.0. The molecule has 45 heavy (non-hydrogen) atoms. The summed E-state index contributed by atoms with van der Waals surface area (Å²) in [5.74, 6) is -1.47. The molecule has 2 saturated heterocycles. The van der Waals surface area contributed by atoms with Crippen LogP contribution in [0, 0.1) is 12.8 Å². The van der Waals surface area contributed by atoms with Gasteiger partial charge in [0.1, 0.15) is 17.7 Å². The van der Waals surface area contributed by atoms with E-state index in [1.807, 2.05) is 25.2 Å². The molecule has 1 unspecified atom stereocenters. The van der Waals surface area contributed by atoms with Crippen LogP contribution < -0.4 is 4.90 Å². The topological polar surface area (TPSA) is 76.6 Å². The number of aromatic nitrogens is 6. The van der Waals surface area contributed by atoms with E-state index in [0.717, 1.165) is 37.0 Å². The minimum atomic E-state index is -4.67. The second-order valence-corrected chi connectivity index (χ2v) is 13.2. The van der Waals surface area contributed by atoms with Gasteiger partial charge in [-0.3, -0.25) is 4.90 Å². The lowest BCUT2D eigenvalue weighted by Crippen LogP contribution is -2.59. The molecule has 0 spiro atoms. The number of aryl methyl sites for hydroxylation is 1. The Kier molecular flexibility index (Phi) is 7.47. The van der Waals surface area contributed by atoms with Gasteiger partial charge >= 0.3 is 6.18 Å². The maximum atomic E-state index is 14.2. The summed E-state index contributed by atoms with van der Waals surface area (Å²) in [6.07, 6.45) is -1.75. The van der Waals surface area contributed by atoms with Gasteiger partial charge in [-0.2, -0.15) is 18.2 Å². The van der Waals surface area contributed by atoms with Crippen molar-refractivity contribution in [1.29, 1.82) is 0 Å². The Morgan fingerprint density at radius 1 is 1.11 bits per heavy atom. The molecular formula is C30H34ClF5N8O. The third-order valence-corrected chi connectivity index (χ3v) is 9.92. The fourth-order valence-corrected chi connectivity index (χ4v) is 7.63. The molecule has 1 saturated carbocycles. The van der Waals surface area contributed by atoms with Gasteiger partial charge in [0.15, 0.2) is 11.5 Å². The fraction of sp³-hybridized carbons (Fsp3) is 0.600. The van der Waals surface area contributed by atoms with Crippen LogP contribution in [0.3, 0.4) is 0 Å². The first-order chi connectivity index (χ1) is 21.3. The predicted molar refractivity (Wildman–Crippen MR) is 158 cm³/mol. The third kappa shape index (κ3) is 5.42. The van der Waals surface area contributed by atoms with Crippen molar-refractivity contribution in [2.75, 3.05) is 24.6 Å². The van der Waals surface area contributed by atoms with Gasteiger partial charge in [-0.05, 0) is 57.2 Å². The Balaban J connectivity index is 1.24. The monoisotopic (exact) mass is 652 g/mol. The van der Waals surface area contributed by atoms with Gasteiger partial charge in [-0.1, -0.05) is 17.7 Å². The van der Waals surface area contributed by atoms with Crippen LogP contribution in [0.25, 0.3) is 16.9 Å². The number of nitrogens with zero attached hydrogens (tertiary/aromatic N) is 8. The van der Waals surface area contributed by atoms with E-state index in [4.69, 9.17) is 26.3 Å². The Labute approximate surface area is 261 Å². The number of imidazole rings is 1. The molecule has 4 atom stereocenters. The molecule has 0 N–H and O–H groups in total. The van der Waals surface area contributed by atoms with E-state index < -0.39 is 34.6 Å². The second-order valence-electron chi connectivity index (χ2n) is 12.8. The molecule has 3 aliphatic rings. The van der Waals surface area contributed by atoms with E-state index in [9.17, 15) is 22.0 Å². The summed E-state index contributed by atoms with van der Waals surface area (Å²) in [6.45, 7) is 8.15. The fourth-order valence-electron chi connectivity index (χ4n) is 7.41. The Bertz CT molecular complexity index is 1730. The summed E-state index contributed by atoms with van der Waals surface area (Å²) < 4.78 is 79.7. The molecule has 0 radical (unpaired) electrons. The number of anilines is 1. The molecule has 7 rings (SSSR count). The van der Waals surface area contributed by atoms with Crippen LogP contribution in [0.1, 0.15) is 62.5 Å². The average Bonchev–Trinajstić information content (AvgIpc) is 3.70. The van der Waals surface area contributed by atoms with Crippen LogP contribution in [0.4, 0.5) is 27.8 Å². The lowest BCUT2D eigenvalue weighted by molar-refractivity contribution is -0.140. The predicted octanol–water partition coefficient (Wildman–Crippen LogP) is 6.32. The van der Waals surface area contributed by atoms with Crippen molar-refractivity contribution in [3.05, 3.63) is 46.5 Å². The van der Waals surface area contributed by atoms with Crippen LogP contribution in [-0.2, 0) is 17.5 Å². The maximum Gasteiger partial charge on any atom is 0.417 e. The highest BCUT2D eigenvalue weighted by Crippen LogP contribution is 2.52. The van der Waals surface area contributed by atoms with Crippen LogP contribution in [0.5, 0.6) is 0 Å². The number of ether oxygens (including phenoxy) is 1. The Morgan fingerprint density at radius 3 is 2.58 bits per heavy atom. The first kappa shape index (κ1) is 30.5. The van der Waals surface area contributed by atoms with E-state index >= 15 is 0 Å². The minimum Gasteiger partial charge on any atom is -0.376 e. The summed E-state index contributed by atoms with van der Waals surface area (Å²) in [6, 6.07) is 2.76. The molecule has 2 aliphatic heterocycles. The lowest BCUT2D eigenvalue weighted by Gasteiger charge is -2.52. The zero-order valence-corrected chi connectivity index (χ0v) is 25.9. The first-order valence-corrected chi connectivity index (χ1v) is 15.6. The van der Waals surface area contributed by atoms with Crippen molar-refractivity contribution in [2.45, 2.75) is 89.3 Å². The molecule has 3 aromatic heterocycles. The number of fused-ring (bicyclic) bond motifs is 3. The van der Waals surface area contributed by atoms with E-state index in [1.165, 1.54) is 12.1 Å². The molecule has 1 aromatic carbocycles. The van der Waals surface area contributed by atoms with Crippen LogP contribution in [0.2, 0.25) is 5.02 Å². The molecule has 0 bridgehead atoms. The smallest absolute Gasteiger partial charge is 0.376 e. The quantitative estimate of drug-likeness (QED) is 0.226. The molecule has 15 heteroatoms. The zero-order valence-electron chi connectivity index (χ0n) is 25.1. The van der Waals surface area contributed by atoms with Crippen molar-refractivity contribution in [3.63, 3.8) is 0 Å². The van der Waals surface area contributed by atoms with E-state index in [1.54, 1.807) is 6.33 Å². The molecule has 5 heterocycles. The van der Waals surface area contributed by atoms with Crippen LogP contribution in [-0.4, -0.2) is 77.8 Å². The SMILES string of the molecule is Cc1nc2c(N3C[C@@H](C)N(C(c4ccc(Cl)c(C(F)(F)F)c4)C4CC(F)(F)C4)C[C@@H]3C)nc3nncn3c2n1C[C@@H]1CCCO1. The standard InChI is InChI=1S/C30H34ClF5N8O/c1-16-13-42(26-24-27(44-15-37-40-28(44)39-26)43(18(3)38-24)14-21-5-4-8-45-21)17(2)12-41(16)25(20-10-29(32,33)11-20)19-6-7-23(31)22(9-19)30(34,35)36/h6-7,9,15-17,20-21,25H,4-5,8,10-14H2,1-3H3/t16-,17+,21+,25?/m1/s1. The normalized spacial score (nSPS) is 25.4. The van der Waals surface area contributed by atoms with Gasteiger partial charge in [-0.15, -0.1) is 10.2 Å². The van der Waals surface area contributed by atoms with E-state index in [-0.39, 0.29) is 31.0 Å². The second kappa shape index (κ2) is 11.0. The van der Waals surface area contributed by atoms with E-state index in [2.05, 4.69) is 24.6 Å². The number of rotatable bonds is 6. The molecule has 1 aliphatic carbocycles. The van der Waals surface area contributed by atoms with Gasteiger partial charge in [0, 0.05) is 50.7 Å². The highest BCUT2D eigenvalue weighted by Gasteiger charge is 2.52. The van der Waals surface area contributed by atoms with Crippen LogP contribution >= 0.6 is 11.6 Å². The molecule has 4 aromatic rings. The van der Waals surface area contributed by atoms with Gasteiger partial charge in [0.05, 0.1) is 23.2 Å². The number of halogens is 6. The number of benzene rings is 1. The van der Waals surface area contributed by atoms with E-state index in [0.29, 0.717) is 42.3 Å². The Morgan fingerprint density at radius 2 is 1.89 bits per heavy atom. The molecule has 3 fully saturated rings. The molecule has 9 nitrogen and oxygen atoms in total. The number of piperazine rings is 1. The zero-order chi connectivity index (χ0) is 31.8. The molecule has 0 amide bonds. The molecule has 242 valence electrons. The van der Waals surface area contributed by atoms with Crippen molar-refractivity contribution in [3.8, 4) is 0 Å². The number of hydrogen-bond acceptors (Lipinski definition) is 7. The van der Waals surface area contributed by atoms with Gasteiger partial charge in [0.2, 0.25) is 5.92 Å².